The third-order valence-electron chi connectivity index (χ3n) is 3.38. The van der Waals surface area contributed by atoms with Crippen molar-refractivity contribution in [2.45, 2.75) is 25.7 Å². The van der Waals surface area contributed by atoms with Crippen LogP contribution in [0.5, 0.6) is 0 Å². The van der Waals surface area contributed by atoms with Crippen molar-refractivity contribution in [2.75, 3.05) is 25.0 Å². The van der Waals surface area contributed by atoms with Crippen LogP contribution < -0.4 is 10.6 Å². The number of aromatic nitrogens is 2. The van der Waals surface area contributed by atoms with Crippen LogP contribution in [0.2, 0.25) is 5.15 Å². The first-order valence-corrected chi connectivity index (χ1v) is 6.70. The predicted molar refractivity (Wildman–Crippen MR) is 68.5 cm³/mol. The van der Waals surface area contributed by atoms with Crippen LogP contribution in [-0.4, -0.2) is 29.6 Å². The molecule has 0 bridgehead atoms. The van der Waals surface area contributed by atoms with E-state index in [0.717, 1.165) is 49.7 Å². The maximum atomic E-state index is 6.23. The highest BCUT2D eigenvalue weighted by atomic mass is 35.5. The van der Waals surface area contributed by atoms with Gasteiger partial charge in [0.05, 0.1) is 5.69 Å². The maximum absolute atomic E-state index is 6.23. The van der Waals surface area contributed by atoms with Crippen molar-refractivity contribution >= 4 is 17.5 Å². The van der Waals surface area contributed by atoms with E-state index in [1.807, 2.05) is 0 Å². The summed E-state index contributed by atoms with van der Waals surface area (Å²) >= 11 is 6.23. The summed E-state index contributed by atoms with van der Waals surface area (Å²) in [5.41, 5.74) is 2.22. The summed E-state index contributed by atoms with van der Waals surface area (Å²) in [6.45, 7) is 2.92. The summed E-state index contributed by atoms with van der Waals surface area (Å²) in [5, 5.41) is 7.27. The van der Waals surface area contributed by atoms with Crippen molar-refractivity contribution in [1.29, 1.82) is 0 Å². The van der Waals surface area contributed by atoms with Crippen molar-refractivity contribution in [1.82, 2.24) is 15.3 Å². The van der Waals surface area contributed by atoms with E-state index in [9.17, 15) is 0 Å². The highest BCUT2D eigenvalue weighted by molar-refractivity contribution is 6.30. The number of anilines is 1. The first-order valence-electron chi connectivity index (χ1n) is 6.33. The van der Waals surface area contributed by atoms with Gasteiger partial charge < -0.3 is 10.6 Å². The molecule has 1 saturated carbocycles. The molecule has 0 unspecified atom stereocenters. The van der Waals surface area contributed by atoms with Gasteiger partial charge in [0.1, 0.15) is 5.15 Å². The fraction of sp³-hybridized carbons (Fsp3) is 0.667. The summed E-state index contributed by atoms with van der Waals surface area (Å²) < 4.78 is 0. The van der Waals surface area contributed by atoms with Crippen LogP contribution in [0.4, 0.5) is 5.95 Å². The second-order valence-corrected chi connectivity index (χ2v) is 5.20. The minimum absolute atomic E-state index is 0.622. The molecule has 1 aliphatic carbocycles. The van der Waals surface area contributed by atoms with Crippen molar-refractivity contribution in [3.05, 3.63) is 16.4 Å². The van der Waals surface area contributed by atoms with E-state index in [1.54, 1.807) is 0 Å². The lowest BCUT2D eigenvalue weighted by atomic mass is 10.1. The Labute approximate surface area is 106 Å². The molecular formula is C12H17ClN4. The molecule has 0 radical (unpaired) electrons. The molecule has 17 heavy (non-hydrogen) atoms. The van der Waals surface area contributed by atoms with Gasteiger partial charge in [-0.1, -0.05) is 11.6 Å². The zero-order valence-electron chi connectivity index (χ0n) is 9.80. The lowest BCUT2D eigenvalue weighted by Crippen LogP contribution is -2.16. The van der Waals surface area contributed by atoms with Crippen LogP contribution in [0.1, 0.15) is 24.1 Å². The molecule has 2 heterocycles. The zero-order chi connectivity index (χ0) is 11.7. The van der Waals surface area contributed by atoms with Gasteiger partial charge in [-0.05, 0) is 31.7 Å². The van der Waals surface area contributed by atoms with Gasteiger partial charge in [0.15, 0.2) is 0 Å². The predicted octanol–water partition coefficient (Wildman–Crippen LogP) is 1.64. The van der Waals surface area contributed by atoms with E-state index in [1.165, 1.54) is 12.8 Å². The fourth-order valence-corrected chi connectivity index (χ4v) is 2.42. The molecule has 0 amide bonds. The monoisotopic (exact) mass is 252 g/mol. The first-order chi connectivity index (χ1) is 8.33. The Bertz CT molecular complexity index is 417. The van der Waals surface area contributed by atoms with Crippen molar-refractivity contribution in [2.24, 2.45) is 5.92 Å². The van der Waals surface area contributed by atoms with Crippen LogP contribution in [0.3, 0.4) is 0 Å². The largest absolute Gasteiger partial charge is 0.354 e. The highest BCUT2D eigenvalue weighted by Crippen LogP contribution is 2.29. The Balaban J connectivity index is 1.80. The van der Waals surface area contributed by atoms with Gasteiger partial charge >= 0.3 is 0 Å². The van der Waals surface area contributed by atoms with Crippen LogP contribution >= 0.6 is 11.6 Å². The van der Waals surface area contributed by atoms with E-state index in [-0.39, 0.29) is 0 Å². The molecule has 1 fully saturated rings. The Morgan fingerprint density at radius 3 is 2.88 bits per heavy atom. The number of hydrogen-bond acceptors (Lipinski definition) is 4. The molecule has 92 valence electrons. The summed E-state index contributed by atoms with van der Waals surface area (Å²) in [5.74, 6) is 1.51. The van der Waals surface area contributed by atoms with E-state index in [4.69, 9.17) is 11.6 Å². The van der Waals surface area contributed by atoms with E-state index in [2.05, 4.69) is 20.6 Å². The summed E-state index contributed by atoms with van der Waals surface area (Å²) in [6, 6.07) is 0. The quantitative estimate of drug-likeness (QED) is 0.803. The Morgan fingerprint density at radius 2 is 2.06 bits per heavy atom. The Morgan fingerprint density at radius 1 is 1.24 bits per heavy atom. The Hall–Kier alpha value is -0.870. The van der Waals surface area contributed by atoms with Crippen LogP contribution in [0, 0.1) is 5.92 Å². The molecule has 1 aromatic rings. The van der Waals surface area contributed by atoms with Crippen molar-refractivity contribution in [3.63, 3.8) is 0 Å². The standard InChI is InChI=1S/C12H17ClN4/c13-11-9-3-5-14-6-4-10(9)16-12(17-11)15-7-8-1-2-8/h8,14H,1-7H2,(H,15,16,17). The molecule has 2 aliphatic rings. The molecular weight excluding hydrogens is 236 g/mol. The van der Waals surface area contributed by atoms with E-state index >= 15 is 0 Å². The van der Waals surface area contributed by atoms with Gasteiger partial charge in [-0.15, -0.1) is 0 Å². The van der Waals surface area contributed by atoms with E-state index < -0.39 is 0 Å². The third kappa shape index (κ3) is 2.69. The molecule has 5 heteroatoms. The lowest BCUT2D eigenvalue weighted by Gasteiger charge is -2.10. The van der Waals surface area contributed by atoms with Gasteiger partial charge in [0, 0.05) is 25.1 Å². The lowest BCUT2D eigenvalue weighted by molar-refractivity contribution is 0.708. The number of rotatable bonds is 3. The second-order valence-electron chi connectivity index (χ2n) is 4.84. The topological polar surface area (TPSA) is 49.8 Å². The number of hydrogen-bond donors (Lipinski definition) is 2. The average Bonchev–Trinajstić information content (AvgIpc) is 3.13. The molecule has 1 aliphatic heterocycles. The van der Waals surface area contributed by atoms with Gasteiger partial charge in [-0.3, -0.25) is 0 Å². The zero-order valence-corrected chi connectivity index (χ0v) is 10.6. The smallest absolute Gasteiger partial charge is 0.224 e. The number of halogens is 1. The molecule has 0 saturated heterocycles. The number of fused-ring (bicyclic) bond motifs is 1. The van der Waals surface area contributed by atoms with Gasteiger partial charge in [0.25, 0.3) is 0 Å². The minimum atomic E-state index is 0.622. The molecule has 4 nitrogen and oxygen atoms in total. The summed E-state index contributed by atoms with van der Waals surface area (Å²) in [7, 11) is 0. The van der Waals surface area contributed by atoms with Gasteiger partial charge in [-0.25, -0.2) is 9.97 Å². The minimum Gasteiger partial charge on any atom is -0.354 e. The maximum Gasteiger partial charge on any atom is 0.224 e. The first kappa shape index (κ1) is 11.2. The summed E-state index contributed by atoms with van der Waals surface area (Å²) in [4.78, 5) is 8.93. The van der Waals surface area contributed by atoms with Crippen molar-refractivity contribution < 1.29 is 0 Å². The molecule has 0 atom stereocenters. The molecule has 0 spiro atoms. The Kier molecular flexibility index (Phi) is 3.16. The number of nitrogens with one attached hydrogen (secondary N) is 2. The highest BCUT2D eigenvalue weighted by Gasteiger charge is 2.21. The van der Waals surface area contributed by atoms with E-state index in [0.29, 0.717) is 11.1 Å². The van der Waals surface area contributed by atoms with Crippen LogP contribution in [-0.2, 0) is 12.8 Å². The fourth-order valence-electron chi connectivity index (χ4n) is 2.14. The van der Waals surface area contributed by atoms with Crippen LogP contribution in [0.15, 0.2) is 0 Å². The SMILES string of the molecule is Clc1nc(NCC2CC2)nc2c1CCNCC2. The average molecular weight is 253 g/mol. The van der Waals surface area contributed by atoms with Crippen LogP contribution in [0.25, 0.3) is 0 Å². The molecule has 1 aromatic heterocycles. The second kappa shape index (κ2) is 4.78. The molecule has 2 N–H and O–H groups in total. The molecule has 3 rings (SSSR count). The number of nitrogens with zero attached hydrogens (tertiary/aromatic N) is 2. The third-order valence-corrected chi connectivity index (χ3v) is 3.69. The normalized spacial score (nSPS) is 19.6. The van der Waals surface area contributed by atoms with Gasteiger partial charge in [0.2, 0.25) is 5.95 Å². The van der Waals surface area contributed by atoms with Crippen molar-refractivity contribution in [3.8, 4) is 0 Å². The summed E-state index contributed by atoms with van der Waals surface area (Å²) in [6.07, 6.45) is 4.53. The van der Waals surface area contributed by atoms with Gasteiger partial charge in [-0.2, -0.15) is 0 Å². The molecule has 0 aromatic carbocycles.